The molecule has 0 radical (unpaired) electrons. The van der Waals surface area contributed by atoms with Crippen molar-refractivity contribution in [3.05, 3.63) is 101 Å². The van der Waals surface area contributed by atoms with Gasteiger partial charge in [0.15, 0.2) is 23.3 Å². The molecule has 2 heterocycles. The molecule has 1 unspecified atom stereocenters. The van der Waals surface area contributed by atoms with Gasteiger partial charge < -0.3 is 15.8 Å². The normalized spacial score (nSPS) is 15.5. The summed E-state index contributed by atoms with van der Waals surface area (Å²) >= 11 is 0.467. The molecule has 1 fully saturated rings. The molecule has 1 atom stereocenters. The second-order valence-corrected chi connectivity index (χ2v) is 10.3. The Hall–Kier alpha value is -4.23. The van der Waals surface area contributed by atoms with Gasteiger partial charge in [0.1, 0.15) is 34.4 Å². The van der Waals surface area contributed by atoms with Crippen LogP contribution in [0, 0.1) is 34.5 Å². The molecule has 212 valence electrons. The van der Waals surface area contributed by atoms with Gasteiger partial charge >= 0.3 is 0 Å². The van der Waals surface area contributed by atoms with Crippen LogP contribution in [-0.2, 0) is 0 Å². The molecule has 41 heavy (non-hydrogen) atoms. The fraction of sp³-hybridized carbons (Fsp3) is 0.179. The van der Waals surface area contributed by atoms with Crippen LogP contribution in [-0.4, -0.2) is 39.1 Å². The van der Waals surface area contributed by atoms with E-state index in [1.54, 1.807) is 24.3 Å². The number of ether oxygens (including phenoxy) is 1. The summed E-state index contributed by atoms with van der Waals surface area (Å²) in [4.78, 5) is 7.34. The van der Waals surface area contributed by atoms with E-state index in [1.165, 1.54) is 10.6 Å². The largest absolute Gasteiger partial charge is 0.457 e. The number of nitrogen functional groups attached to an aromatic ring is 1. The minimum atomic E-state index is -2.20. The summed E-state index contributed by atoms with van der Waals surface area (Å²) in [6.07, 6.45) is 2.43. The quantitative estimate of drug-likeness (QED) is 0.0708. The lowest BCUT2D eigenvalue weighted by Crippen LogP contribution is -2.39. The van der Waals surface area contributed by atoms with Crippen molar-refractivity contribution in [1.82, 2.24) is 14.3 Å². The fourth-order valence-corrected chi connectivity index (χ4v) is 5.42. The third-order valence-corrected chi connectivity index (χ3v) is 7.49. The lowest BCUT2D eigenvalue weighted by Gasteiger charge is -2.33. The summed E-state index contributed by atoms with van der Waals surface area (Å²) in [6, 6.07) is 15.8. The Labute approximate surface area is 236 Å². The second kappa shape index (κ2) is 12.1. The molecule has 1 aliphatic rings. The molecule has 1 saturated heterocycles. The summed E-state index contributed by atoms with van der Waals surface area (Å²) in [5.74, 6) is -8.32. The van der Waals surface area contributed by atoms with Gasteiger partial charge in [-0.05, 0) is 61.2 Å². The Morgan fingerprint density at radius 2 is 1.54 bits per heavy atom. The molecule has 1 aromatic heterocycles. The van der Waals surface area contributed by atoms with Gasteiger partial charge in [-0.3, -0.25) is 5.41 Å². The number of piperidine rings is 1. The summed E-state index contributed by atoms with van der Waals surface area (Å²) in [5.41, 5.74) is 6.99. The predicted octanol–water partition coefficient (Wildman–Crippen LogP) is 6.55. The number of nitrogens with one attached hydrogen (secondary N) is 2. The van der Waals surface area contributed by atoms with Crippen molar-refractivity contribution in [2.75, 3.05) is 24.1 Å². The van der Waals surface area contributed by atoms with Crippen LogP contribution in [0.1, 0.15) is 24.0 Å². The molecule has 5 rings (SSSR count). The summed E-state index contributed by atoms with van der Waals surface area (Å²) < 4.78 is 76.6. The highest BCUT2D eigenvalue weighted by atomic mass is 32.2. The molecule has 0 spiro atoms. The van der Waals surface area contributed by atoms with Gasteiger partial charge in [-0.2, -0.15) is 0 Å². The van der Waals surface area contributed by atoms with E-state index in [2.05, 4.69) is 15.3 Å². The molecule has 7 nitrogen and oxygen atoms in total. The molecule has 0 bridgehead atoms. The molecule has 1 aliphatic heterocycles. The van der Waals surface area contributed by atoms with E-state index in [-0.39, 0.29) is 35.5 Å². The van der Waals surface area contributed by atoms with Crippen LogP contribution < -0.4 is 15.8 Å². The minimum absolute atomic E-state index is 0.0558. The topological polar surface area (TPSA) is 100 Å². The lowest BCUT2D eigenvalue weighted by atomic mass is 10.0. The van der Waals surface area contributed by atoms with Crippen LogP contribution in [0.5, 0.6) is 11.5 Å². The third kappa shape index (κ3) is 6.10. The van der Waals surface area contributed by atoms with E-state index in [9.17, 15) is 22.0 Å². The number of hydrogen-bond acceptors (Lipinski definition) is 8. The van der Waals surface area contributed by atoms with Gasteiger partial charge in [0.05, 0.1) is 11.3 Å². The number of rotatable bonds is 8. The smallest absolute Gasteiger partial charge is 0.200 e. The van der Waals surface area contributed by atoms with Gasteiger partial charge in [-0.15, -0.1) is 0 Å². The summed E-state index contributed by atoms with van der Waals surface area (Å²) in [5, 5.41) is 12.0. The minimum Gasteiger partial charge on any atom is -0.457 e. The Balaban J connectivity index is 1.31. The Morgan fingerprint density at radius 1 is 0.902 bits per heavy atom. The molecule has 4 aromatic rings. The standard InChI is InChI=1S/C28H23F5N6OS/c29-20-21(30)23(32)26(24(33)22(20)31)41-39-12-4-5-16(13-39)38-28-19(27(35)36-14-37-28)25(34)15-8-10-18(11-9-15)40-17-6-2-1-3-7-17/h1-3,6-11,14,16,34H,4-5,12-13H2,(H3,35,36,37,38). The highest BCUT2D eigenvalue weighted by Crippen LogP contribution is 2.35. The van der Waals surface area contributed by atoms with Crippen molar-refractivity contribution in [3.63, 3.8) is 0 Å². The van der Waals surface area contributed by atoms with Gasteiger partial charge in [-0.1, -0.05) is 18.2 Å². The van der Waals surface area contributed by atoms with E-state index in [0.29, 0.717) is 48.4 Å². The molecule has 13 heteroatoms. The first-order valence-corrected chi connectivity index (χ1v) is 13.2. The number of halogens is 5. The number of benzene rings is 3. The zero-order chi connectivity index (χ0) is 29.1. The van der Waals surface area contributed by atoms with Crippen LogP contribution in [0.15, 0.2) is 65.8 Å². The van der Waals surface area contributed by atoms with Crippen LogP contribution in [0.2, 0.25) is 0 Å². The van der Waals surface area contributed by atoms with E-state index in [4.69, 9.17) is 15.9 Å². The number of aromatic nitrogens is 2. The highest BCUT2D eigenvalue weighted by Gasteiger charge is 2.30. The maximum absolute atomic E-state index is 14.2. The monoisotopic (exact) mass is 586 g/mol. The Bertz CT molecular complexity index is 1550. The van der Waals surface area contributed by atoms with Crippen molar-refractivity contribution in [3.8, 4) is 11.5 Å². The van der Waals surface area contributed by atoms with E-state index >= 15 is 0 Å². The lowest BCUT2D eigenvalue weighted by molar-refractivity contribution is 0.344. The molecular formula is C28H23F5N6OS. The van der Waals surface area contributed by atoms with Crippen molar-refractivity contribution in [1.29, 1.82) is 5.41 Å². The number of nitrogens with zero attached hydrogens (tertiary/aromatic N) is 3. The predicted molar refractivity (Wildman–Crippen MR) is 146 cm³/mol. The first-order chi connectivity index (χ1) is 19.7. The van der Waals surface area contributed by atoms with E-state index in [1.807, 2.05) is 30.3 Å². The SMILES string of the molecule is N=C(c1ccc(Oc2ccccc2)cc1)c1c(N)ncnc1NC1CCCN(Sc2c(F)c(F)c(F)c(F)c2F)C1. The van der Waals surface area contributed by atoms with Crippen LogP contribution >= 0.6 is 11.9 Å². The maximum Gasteiger partial charge on any atom is 0.200 e. The molecule has 3 aromatic carbocycles. The average molecular weight is 587 g/mol. The fourth-order valence-electron chi connectivity index (χ4n) is 4.34. The summed E-state index contributed by atoms with van der Waals surface area (Å²) in [6.45, 7) is 0.542. The van der Waals surface area contributed by atoms with Crippen LogP contribution in [0.4, 0.5) is 33.6 Å². The van der Waals surface area contributed by atoms with Gasteiger partial charge in [0.25, 0.3) is 0 Å². The molecule has 0 amide bonds. The zero-order valence-electron chi connectivity index (χ0n) is 21.3. The van der Waals surface area contributed by atoms with Crippen molar-refractivity contribution in [2.45, 2.75) is 23.8 Å². The van der Waals surface area contributed by atoms with Gasteiger partial charge in [0.2, 0.25) is 5.82 Å². The molecule has 4 N–H and O–H groups in total. The highest BCUT2D eigenvalue weighted by molar-refractivity contribution is 7.97. The Morgan fingerprint density at radius 3 is 2.22 bits per heavy atom. The number of anilines is 2. The number of para-hydroxylation sites is 1. The van der Waals surface area contributed by atoms with Crippen molar-refractivity contribution in [2.24, 2.45) is 0 Å². The van der Waals surface area contributed by atoms with Crippen molar-refractivity contribution >= 4 is 29.3 Å². The maximum atomic E-state index is 14.2. The van der Waals surface area contributed by atoms with E-state index < -0.39 is 34.0 Å². The first kappa shape index (κ1) is 28.3. The second-order valence-electron chi connectivity index (χ2n) is 9.16. The van der Waals surface area contributed by atoms with Gasteiger partial charge in [-0.25, -0.2) is 36.2 Å². The average Bonchev–Trinajstić information content (AvgIpc) is 2.98. The number of nitrogens with two attached hydrogens (primary N) is 1. The van der Waals surface area contributed by atoms with Crippen molar-refractivity contribution < 1.29 is 26.7 Å². The van der Waals surface area contributed by atoms with Crippen LogP contribution in [0.25, 0.3) is 0 Å². The van der Waals surface area contributed by atoms with E-state index in [0.717, 1.165) is 0 Å². The van der Waals surface area contributed by atoms with Gasteiger partial charge in [0, 0.05) is 24.7 Å². The van der Waals surface area contributed by atoms with Crippen LogP contribution in [0.3, 0.4) is 0 Å². The third-order valence-electron chi connectivity index (χ3n) is 6.36. The number of hydrogen-bond donors (Lipinski definition) is 3. The summed E-state index contributed by atoms with van der Waals surface area (Å²) in [7, 11) is 0. The molecule has 0 saturated carbocycles. The molecule has 0 aliphatic carbocycles. The molecular weight excluding hydrogens is 563 g/mol. The zero-order valence-corrected chi connectivity index (χ0v) is 22.1. The first-order valence-electron chi connectivity index (χ1n) is 12.5. The Kier molecular flexibility index (Phi) is 8.36.